The van der Waals surface area contributed by atoms with Gasteiger partial charge in [-0.2, -0.15) is 5.10 Å². The molecule has 0 radical (unpaired) electrons. The highest BCUT2D eigenvalue weighted by Gasteiger charge is 2.11. The predicted molar refractivity (Wildman–Crippen MR) is 70.1 cm³/mol. The van der Waals surface area contributed by atoms with E-state index in [2.05, 4.69) is 42.8 Å². The SMILES string of the molecule is CCC(CCl)Cc1ccn(C(CC)CC)n1. The number of rotatable bonds is 7. The Kier molecular flexibility index (Phi) is 5.89. The van der Waals surface area contributed by atoms with Crippen molar-refractivity contribution in [2.24, 2.45) is 5.92 Å². The van der Waals surface area contributed by atoms with Gasteiger partial charge in [-0.3, -0.25) is 4.68 Å². The molecule has 0 fully saturated rings. The minimum atomic E-state index is 0.546. The highest BCUT2D eigenvalue weighted by atomic mass is 35.5. The second-order valence-electron chi connectivity index (χ2n) is 4.39. The van der Waals surface area contributed by atoms with E-state index in [1.165, 1.54) is 5.69 Å². The van der Waals surface area contributed by atoms with Crippen LogP contribution in [0.15, 0.2) is 12.3 Å². The molecule has 0 spiro atoms. The van der Waals surface area contributed by atoms with Crippen LogP contribution in [0.3, 0.4) is 0 Å². The summed E-state index contributed by atoms with van der Waals surface area (Å²) in [5.74, 6) is 1.29. The van der Waals surface area contributed by atoms with Crippen molar-refractivity contribution < 1.29 is 0 Å². The Hall–Kier alpha value is -0.500. The lowest BCUT2D eigenvalue weighted by atomic mass is 10.0. The average molecular weight is 243 g/mol. The van der Waals surface area contributed by atoms with Gasteiger partial charge in [-0.1, -0.05) is 27.2 Å². The van der Waals surface area contributed by atoms with E-state index in [0.29, 0.717) is 12.0 Å². The van der Waals surface area contributed by atoms with Crippen molar-refractivity contribution in [3.63, 3.8) is 0 Å². The van der Waals surface area contributed by atoms with Crippen molar-refractivity contribution in [1.29, 1.82) is 0 Å². The molecule has 1 rings (SSSR count). The standard InChI is InChI=1S/C13H23ClN2/c1-4-11(10-14)9-12-7-8-16(15-12)13(5-2)6-3/h7-8,11,13H,4-6,9-10H2,1-3H3. The number of hydrogen-bond donors (Lipinski definition) is 0. The maximum atomic E-state index is 5.91. The topological polar surface area (TPSA) is 17.8 Å². The number of alkyl halides is 1. The number of aromatic nitrogens is 2. The molecule has 0 amide bonds. The Morgan fingerprint density at radius 2 is 1.94 bits per heavy atom. The molecule has 0 bridgehead atoms. The molecule has 1 heterocycles. The van der Waals surface area contributed by atoms with Crippen LogP contribution < -0.4 is 0 Å². The quantitative estimate of drug-likeness (QED) is 0.660. The average Bonchev–Trinajstić information content (AvgIpc) is 2.76. The van der Waals surface area contributed by atoms with Crippen LogP contribution in [-0.2, 0) is 6.42 Å². The van der Waals surface area contributed by atoms with E-state index in [1.54, 1.807) is 0 Å². The van der Waals surface area contributed by atoms with Crippen LogP contribution in [-0.4, -0.2) is 15.7 Å². The minimum absolute atomic E-state index is 0.546. The smallest absolute Gasteiger partial charge is 0.0627 e. The van der Waals surface area contributed by atoms with Crippen LogP contribution in [0.4, 0.5) is 0 Å². The first-order valence-electron chi connectivity index (χ1n) is 6.35. The van der Waals surface area contributed by atoms with Crippen LogP contribution in [0.5, 0.6) is 0 Å². The summed E-state index contributed by atoms with van der Waals surface area (Å²) in [4.78, 5) is 0. The first-order chi connectivity index (χ1) is 7.74. The van der Waals surface area contributed by atoms with E-state index in [9.17, 15) is 0 Å². The van der Waals surface area contributed by atoms with Gasteiger partial charge in [-0.25, -0.2) is 0 Å². The maximum Gasteiger partial charge on any atom is 0.0627 e. The third-order valence-electron chi connectivity index (χ3n) is 3.27. The highest BCUT2D eigenvalue weighted by molar-refractivity contribution is 6.18. The lowest BCUT2D eigenvalue weighted by Gasteiger charge is -2.13. The van der Waals surface area contributed by atoms with Crippen LogP contribution in [0.25, 0.3) is 0 Å². The molecule has 0 aliphatic rings. The lowest BCUT2D eigenvalue weighted by Crippen LogP contribution is -2.10. The summed E-state index contributed by atoms with van der Waals surface area (Å²) in [6, 6.07) is 2.68. The van der Waals surface area contributed by atoms with Crippen molar-refractivity contribution in [2.75, 3.05) is 5.88 Å². The molecule has 1 aromatic heterocycles. The molecule has 1 unspecified atom stereocenters. The van der Waals surface area contributed by atoms with E-state index in [-0.39, 0.29) is 0 Å². The number of halogens is 1. The van der Waals surface area contributed by atoms with Gasteiger partial charge >= 0.3 is 0 Å². The Morgan fingerprint density at radius 1 is 1.25 bits per heavy atom. The molecule has 16 heavy (non-hydrogen) atoms. The van der Waals surface area contributed by atoms with Crippen molar-refractivity contribution >= 4 is 11.6 Å². The fourth-order valence-corrected chi connectivity index (χ4v) is 2.28. The summed E-state index contributed by atoms with van der Waals surface area (Å²) in [7, 11) is 0. The van der Waals surface area contributed by atoms with Gasteiger partial charge in [0.25, 0.3) is 0 Å². The fourth-order valence-electron chi connectivity index (χ4n) is 1.96. The van der Waals surface area contributed by atoms with Crippen LogP contribution in [0, 0.1) is 5.92 Å². The van der Waals surface area contributed by atoms with Gasteiger partial charge in [0.05, 0.1) is 11.7 Å². The van der Waals surface area contributed by atoms with Gasteiger partial charge in [0, 0.05) is 12.1 Å². The monoisotopic (exact) mass is 242 g/mol. The third kappa shape index (κ3) is 3.51. The predicted octanol–water partition coefficient (Wildman–Crippen LogP) is 4.05. The largest absolute Gasteiger partial charge is 0.269 e. The molecule has 0 N–H and O–H groups in total. The molecule has 3 heteroatoms. The van der Waals surface area contributed by atoms with Gasteiger partial charge in [0.15, 0.2) is 0 Å². The molecule has 0 aromatic carbocycles. The zero-order valence-corrected chi connectivity index (χ0v) is 11.4. The highest BCUT2D eigenvalue weighted by Crippen LogP contribution is 2.17. The molecule has 0 saturated carbocycles. The second-order valence-corrected chi connectivity index (χ2v) is 4.70. The molecule has 1 atom stereocenters. The van der Waals surface area contributed by atoms with E-state index >= 15 is 0 Å². The van der Waals surface area contributed by atoms with Crippen LogP contribution in [0.2, 0.25) is 0 Å². The second kappa shape index (κ2) is 6.95. The lowest BCUT2D eigenvalue weighted by molar-refractivity contribution is 0.422. The summed E-state index contributed by atoms with van der Waals surface area (Å²) < 4.78 is 2.11. The third-order valence-corrected chi connectivity index (χ3v) is 3.71. The van der Waals surface area contributed by atoms with E-state index in [0.717, 1.165) is 31.6 Å². The Labute approximate surface area is 104 Å². The molecule has 0 aliphatic carbocycles. The van der Waals surface area contributed by atoms with Crippen molar-refractivity contribution in [3.05, 3.63) is 18.0 Å². The van der Waals surface area contributed by atoms with Crippen molar-refractivity contribution in [3.8, 4) is 0 Å². The van der Waals surface area contributed by atoms with E-state index < -0.39 is 0 Å². The Balaban J connectivity index is 2.63. The van der Waals surface area contributed by atoms with E-state index in [4.69, 9.17) is 11.6 Å². The summed E-state index contributed by atoms with van der Waals surface area (Å²) in [5.41, 5.74) is 1.18. The first kappa shape index (κ1) is 13.6. The van der Waals surface area contributed by atoms with Crippen molar-refractivity contribution in [2.45, 2.75) is 52.5 Å². The summed E-state index contributed by atoms with van der Waals surface area (Å²) >= 11 is 5.91. The normalized spacial score (nSPS) is 13.3. The Morgan fingerprint density at radius 3 is 2.44 bits per heavy atom. The molecule has 2 nitrogen and oxygen atoms in total. The molecule has 0 aliphatic heterocycles. The zero-order chi connectivity index (χ0) is 12.0. The van der Waals surface area contributed by atoms with Crippen LogP contribution in [0.1, 0.15) is 51.8 Å². The minimum Gasteiger partial charge on any atom is -0.269 e. The molecule has 1 aromatic rings. The fraction of sp³-hybridized carbons (Fsp3) is 0.769. The molecular weight excluding hydrogens is 220 g/mol. The molecule has 92 valence electrons. The molecular formula is C13H23ClN2. The number of hydrogen-bond acceptors (Lipinski definition) is 1. The van der Waals surface area contributed by atoms with Gasteiger partial charge in [0.2, 0.25) is 0 Å². The number of nitrogens with zero attached hydrogens (tertiary/aromatic N) is 2. The Bertz CT molecular complexity index is 288. The first-order valence-corrected chi connectivity index (χ1v) is 6.88. The molecule has 0 saturated heterocycles. The summed E-state index contributed by atoms with van der Waals surface area (Å²) in [5, 5.41) is 4.65. The van der Waals surface area contributed by atoms with Gasteiger partial charge in [0.1, 0.15) is 0 Å². The van der Waals surface area contributed by atoms with Crippen LogP contribution >= 0.6 is 11.6 Å². The van der Waals surface area contributed by atoms with E-state index in [1.807, 2.05) is 0 Å². The van der Waals surface area contributed by atoms with Crippen molar-refractivity contribution in [1.82, 2.24) is 9.78 Å². The van der Waals surface area contributed by atoms with Gasteiger partial charge in [-0.05, 0) is 31.2 Å². The summed E-state index contributed by atoms with van der Waals surface area (Å²) in [6.07, 6.45) is 6.52. The van der Waals surface area contributed by atoms with Gasteiger partial charge in [-0.15, -0.1) is 11.6 Å². The van der Waals surface area contributed by atoms with Gasteiger partial charge < -0.3 is 0 Å². The zero-order valence-electron chi connectivity index (χ0n) is 10.6. The summed E-state index contributed by atoms with van der Waals surface area (Å²) in [6.45, 7) is 6.61. The maximum absolute atomic E-state index is 5.91.